The normalized spacial score (nSPS) is 11.3. The molecule has 0 aliphatic heterocycles. The third-order valence-corrected chi connectivity index (χ3v) is 5.92. The standard InChI is InChI=1S/C22H24N2O5S/c1-16-8-9-19(13-17(16)2)29-12-10-22(25)24-18-5-3-7-21(14-18)30(26,27)23-15-20-6-4-11-28-20/h3-9,11,13-14,23H,10,12,15H2,1-2H3,(H,24,25). The number of carbonyl (C=O) groups excluding carboxylic acids is 1. The molecule has 2 aromatic carbocycles. The Morgan fingerprint density at radius 3 is 2.60 bits per heavy atom. The van der Waals surface area contributed by atoms with Crippen molar-refractivity contribution < 1.29 is 22.4 Å². The average molecular weight is 429 g/mol. The molecule has 3 rings (SSSR count). The van der Waals surface area contributed by atoms with Gasteiger partial charge < -0.3 is 14.5 Å². The SMILES string of the molecule is Cc1ccc(OCCC(=O)Nc2cccc(S(=O)(=O)NCc3ccco3)c2)cc1C. The molecule has 158 valence electrons. The predicted octanol–water partition coefficient (Wildman–Crippen LogP) is 3.78. The molecule has 0 aliphatic carbocycles. The molecule has 0 atom stereocenters. The molecule has 2 N–H and O–H groups in total. The first-order valence-electron chi connectivity index (χ1n) is 9.45. The Labute approximate surface area is 176 Å². The number of carbonyl (C=O) groups is 1. The maximum atomic E-state index is 12.5. The molecule has 0 saturated carbocycles. The Morgan fingerprint density at radius 1 is 1.03 bits per heavy atom. The van der Waals surface area contributed by atoms with E-state index in [9.17, 15) is 13.2 Å². The summed E-state index contributed by atoms with van der Waals surface area (Å²) < 4.78 is 38.1. The summed E-state index contributed by atoms with van der Waals surface area (Å²) in [7, 11) is -3.74. The van der Waals surface area contributed by atoms with Crippen LogP contribution in [0.25, 0.3) is 0 Å². The Kier molecular flexibility index (Phi) is 6.91. The predicted molar refractivity (Wildman–Crippen MR) is 114 cm³/mol. The van der Waals surface area contributed by atoms with Crippen LogP contribution < -0.4 is 14.8 Å². The van der Waals surface area contributed by atoms with Crippen molar-refractivity contribution in [3.8, 4) is 5.75 Å². The molecule has 0 radical (unpaired) electrons. The smallest absolute Gasteiger partial charge is 0.241 e. The van der Waals surface area contributed by atoms with Gasteiger partial charge in [-0.3, -0.25) is 4.79 Å². The van der Waals surface area contributed by atoms with E-state index in [0.717, 1.165) is 5.56 Å². The van der Waals surface area contributed by atoms with Crippen molar-refractivity contribution in [3.05, 3.63) is 77.7 Å². The second-order valence-electron chi connectivity index (χ2n) is 6.82. The molecule has 3 aromatic rings. The molecule has 0 spiro atoms. The van der Waals surface area contributed by atoms with Crippen LogP contribution in [-0.2, 0) is 21.4 Å². The van der Waals surface area contributed by atoms with E-state index >= 15 is 0 Å². The summed E-state index contributed by atoms with van der Waals surface area (Å²) in [5.41, 5.74) is 2.69. The zero-order valence-corrected chi connectivity index (χ0v) is 17.7. The summed E-state index contributed by atoms with van der Waals surface area (Å²) in [4.78, 5) is 12.3. The first-order valence-corrected chi connectivity index (χ1v) is 10.9. The van der Waals surface area contributed by atoms with Crippen molar-refractivity contribution in [1.82, 2.24) is 4.72 Å². The van der Waals surface area contributed by atoms with Gasteiger partial charge in [-0.05, 0) is 67.4 Å². The maximum Gasteiger partial charge on any atom is 0.241 e. The zero-order valence-electron chi connectivity index (χ0n) is 16.8. The molecule has 1 aromatic heterocycles. The molecule has 0 aliphatic rings. The van der Waals surface area contributed by atoms with Gasteiger partial charge in [-0.2, -0.15) is 0 Å². The van der Waals surface area contributed by atoms with Crippen LogP contribution >= 0.6 is 0 Å². The first-order chi connectivity index (χ1) is 14.3. The van der Waals surface area contributed by atoms with Crippen molar-refractivity contribution >= 4 is 21.6 Å². The van der Waals surface area contributed by atoms with E-state index in [1.165, 1.54) is 24.0 Å². The number of ether oxygens (including phenoxy) is 1. The number of nitrogens with one attached hydrogen (secondary N) is 2. The van der Waals surface area contributed by atoms with Crippen LogP contribution in [0, 0.1) is 13.8 Å². The van der Waals surface area contributed by atoms with Gasteiger partial charge in [0, 0.05) is 5.69 Å². The molecule has 1 amide bonds. The fraction of sp³-hybridized carbons (Fsp3) is 0.227. The number of rotatable bonds is 9. The topological polar surface area (TPSA) is 97.6 Å². The highest BCUT2D eigenvalue weighted by Gasteiger charge is 2.15. The molecular formula is C22H24N2O5S. The largest absolute Gasteiger partial charge is 0.493 e. The fourth-order valence-electron chi connectivity index (χ4n) is 2.69. The lowest BCUT2D eigenvalue weighted by Gasteiger charge is -2.10. The van der Waals surface area contributed by atoms with Crippen LogP contribution in [0.1, 0.15) is 23.3 Å². The van der Waals surface area contributed by atoms with Crippen LogP contribution in [0.2, 0.25) is 0 Å². The van der Waals surface area contributed by atoms with Gasteiger partial charge in [0.2, 0.25) is 15.9 Å². The van der Waals surface area contributed by atoms with E-state index in [0.29, 0.717) is 17.2 Å². The number of hydrogen-bond acceptors (Lipinski definition) is 5. The van der Waals surface area contributed by atoms with Crippen molar-refractivity contribution in [2.24, 2.45) is 0 Å². The molecular weight excluding hydrogens is 404 g/mol. The molecule has 0 unspecified atom stereocenters. The molecule has 7 nitrogen and oxygen atoms in total. The number of benzene rings is 2. The number of amides is 1. The van der Waals surface area contributed by atoms with E-state index in [1.807, 2.05) is 32.0 Å². The lowest BCUT2D eigenvalue weighted by molar-refractivity contribution is -0.116. The van der Waals surface area contributed by atoms with Gasteiger partial charge in [0.15, 0.2) is 0 Å². The summed E-state index contributed by atoms with van der Waals surface area (Å²) in [6, 6.07) is 15.2. The lowest BCUT2D eigenvalue weighted by atomic mass is 10.1. The number of aryl methyl sites for hydroxylation is 2. The van der Waals surface area contributed by atoms with Gasteiger partial charge in [-0.1, -0.05) is 12.1 Å². The third-order valence-electron chi connectivity index (χ3n) is 4.52. The van der Waals surface area contributed by atoms with E-state index in [2.05, 4.69) is 10.0 Å². The van der Waals surface area contributed by atoms with Gasteiger partial charge in [0.25, 0.3) is 0 Å². The average Bonchev–Trinajstić information content (AvgIpc) is 3.23. The third kappa shape index (κ3) is 5.95. The monoisotopic (exact) mass is 428 g/mol. The number of furan rings is 1. The Hall–Kier alpha value is -3.10. The quantitative estimate of drug-likeness (QED) is 0.541. The highest BCUT2D eigenvalue weighted by atomic mass is 32.2. The van der Waals surface area contributed by atoms with E-state index in [4.69, 9.17) is 9.15 Å². The summed E-state index contributed by atoms with van der Waals surface area (Å²) in [6.45, 7) is 4.28. The molecule has 0 fully saturated rings. The van der Waals surface area contributed by atoms with Crippen molar-refractivity contribution in [1.29, 1.82) is 0 Å². The van der Waals surface area contributed by atoms with Crippen LogP contribution in [0.4, 0.5) is 5.69 Å². The number of sulfonamides is 1. The molecule has 1 heterocycles. The minimum atomic E-state index is -3.74. The Morgan fingerprint density at radius 2 is 1.87 bits per heavy atom. The molecule has 0 saturated heterocycles. The highest BCUT2D eigenvalue weighted by Crippen LogP contribution is 2.18. The van der Waals surface area contributed by atoms with Gasteiger partial charge in [-0.15, -0.1) is 0 Å². The van der Waals surface area contributed by atoms with Crippen LogP contribution in [-0.4, -0.2) is 20.9 Å². The van der Waals surface area contributed by atoms with Crippen LogP contribution in [0.5, 0.6) is 5.75 Å². The summed E-state index contributed by atoms with van der Waals surface area (Å²) in [5, 5.41) is 2.70. The maximum absolute atomic E-state index is 12.5. The Bertz CT molecular complexity index is 1110. The Balaban J connectivity index is 1.53. The van der Waals surface area contributed by atoms with Crippen molar-refractivity contribution in [2.75, 3.05) is 11.9 Å². The van der Waals surface area contributed by atoms with Crippen molar-refractivity contribution in [2.45, 2.75) is 31.7 Å². The summed E-state index contributed by atoms with van der Waals surface area (Å²) >= 11 is 0. The molecule has 8 heteroatoms. The van der Waals surface area contributed by atoms with Gasteiger partial charge in [-0.25, -0.2) is 13.1 Å². The summed E-state index contributed by atoms with van der Waals surface area (Å²) in [5.74, 6) is 0.949. The van der Waals surface area contributed by atoms with Gasteiger partial charge >= 0.3 is 0 Å². The van der Waals surface area contributed by atoms with Crippen LogP contribution in [0.15, 0.2) is 70.2 Å². The second-order valence-corrected chi connectivity index (χ2v) is 8.59. The minimum Gasteiger partial charge on any atom is -0.493 e. The molecule has 0 bridgehead atoms. The minimum absolute atomic E-state index is 0.0434. The second kappa shape index (κ2) is 9.60. The first kappa shape index (κ1) is 21.6. The van der Waals surface area contributed by atoms with Crippen molar-refractivity contribution in [3.63, 3.8) is 0 Å². The number of hydrogen-bond donors (Lipinski definition) is 2. The van der Waals surface area contributed by atoms with Gasteiger partial charge in [0.05, 0.1) is 30.7 Å². The van der Waals surface area contributed by atoms with Gasteiger partial charge in [0.1, 0.15) is 11.5 Å². The zero-order chi connectivity index (χ0) is 21.6. The van der Waals surface area contributed by atoms with E-state index in [1.54, 1.807) is 24.3 Å². The van der Waals surface area contributed by atoms with E-state index in [-0.39, 0.29) is 30.4 Å². The summed E-state index contributed by atoms with van der Waals surface area (Å²) in [6.07, 6.45) is 1.62. The molecule has 30 heavy (non-hydrogen) atoms. The van der Waals surface area contributed by atoms with E-state index < -0.39 is 10.0 Å². The highest BCUT2D eigenvalue weighted by molar-refractivity contribution is 7.89. The van der Waals surface area contributed by atoms with Crippen LogP contribution in [0.3, 0.4) is 0 Å². The lowest BCUT2D eigenvalue weighted by Crippen LogP contribution is -2.23. The fourth-order valence-corrected chi connectivity index (χ4v) is 3.73. The number of anilines is 1.